The third-order valence-corrected chi connectivity index (χ3v) is 4.46. The summed E-state index contributed by atoms with van der Waals surface area (Å²) in [5, 5.41) is 6.37. The second-order valence-corrected chi connectivity index (χ2v) is 6.78. The van der Waals surface area contributed by atoms with Gasteiger partial charge in [0, 0.05) is 25.7 Å². The van der Waals surface area contributed by atoms with Crippen LogP contribution < -0.4 is 10.6 Å². The minimum Gasteiger partial charge on any atom is -0.357 e. The Kier molecular flexibility index (Phi) is 8.75. The maximum Gasteiger partial charge on any atom is 0.401 e. The minimum absolute atomic E-state index is 0. The van der Waals surface area contributed by atoms with Crippen LogP contribution in [0.4, 0.5) is 13.2 Å². The quantitative estimate of drug-likeness (QED) is 0.309. The largest absolute Gasteiger partial charge is 0.401 e. The van der Waals surface area contributed by atoms with Gasteiger partial charge in [-0.25, -0.2) is 9.98 Å². The van der Waals surface area contributed by atoms with E-state index >= 15 is 0 Å². The van der Waals surface area contributed by atoms with Gasteiger partial charge in [0.1, 0.15) is 12.4 Å². The molecule has 0 saturated carbocycles. The van der Waals surface area contributed by atoms with Crippen molar-refractivity contribution >= 4 is 29.9 Å². The second-order valence-electron chi connectivity index (χ2n) is 6.78. The molecule has 1 unspecified atom stereocenters. The third kappa shape index (κ3) is 7.50. The summed E-state index contributed by atoms with van der Waals surface area (Å²) in [5.74, 6) is 1.31. The van der Waals surface area contributed by atoms with Gasteiger partial charge in [-0.05, 0) is 18.9 Å². The van der Waals surface area contributed by atoms with Crippen LogP contribution in [0.2, 0.25) is 0 Å². The third-order valence-electron chi connectivity index (χ3n) is 4.46. The average Bonchev–Trinajstić information content (AvgIpc) is 3.29. The number of guanidine groups is 1. The number of alkyl halides is 3. The van der Waals surface area contributed by atoms with Crippen LogP contribution in [0.5, 0.6) is 0 Å². The minimum atomic E-state index is -4.16. The Morgan fingerprint density at radius 1 is 1.31 bits per heavy atom. The monoisotopic (exact) mass is 522 g/mol. The number of aliphatic imine (C=N–C) groups is 1. The summed E-state index contributed by atoms with van der Waals surface area (Å²) >= 11 is 0. The van der Waals surface area contributed by atoms with Crippen LogP contribution >= 0.6 is 24.0 Å². The van der Waals surface area contributed by atoms with Crippen molar-refractivity contribution in [3.05, 3.63) is 42.4 Å². The number of aromatic amines is 1. The molecule has 1 aliphatic heterocycles. The standard InChI is InChI=1S/C19H25F3N6.HI/c1-2-23-18(26-15-8-9-28(12-15)13-19(20,21)22)25-11-17-24-10-16(27-17)14-6-4-3-5-7-14;/h3-7,10,15H,2,8-9,11-13H2,1H3,(H,24,27)(H2,23,25,26);1H. The van der Waals surface area contributed by atoms with Crippen LogP contribution in [-0.4, -0.2) is 59.2 Å². The maximum absolute atomic E-state index is 12.5. The Balaban J connectivity index is 0.00000300. The van der Waals surface area contributed by atoms with Crippen LogP contribution in [0, 0.1) is 0 Å². The molecule has 0 aliphatic carbocycles. The van der Waals surface area contributed by atoms with Gasteiger partial charge < -0.3 is 15.6 Å². The van der Waals surface area contributed by atoms with Gasteiger partial charge in [0.2, 0.25) is 0 Å². The van der Waals surface area contributed by atoms with Gasteiger partial charge in [0.05, 0.1) is 18.4 Å². The van der Waals surface area contributed by atoms with E-state index in [4.69, 9.17) is 0 Å². The van der Waals surface area contributed by atoms with Crippen molar-refractivity contribution in [2.75, 3.05) is 26.2 Å². The van der Waals surface area contributed by atoms with Gasteiger partial charge in [-0.3, -0.25) is 4.90 Å². The van der Waals surface area contributed by atoms with Gasteiger partial charge in [-0.1, -0.05) is 30.3 Å². The number of H-pyrrole nitrogens is 1. The molecule has 1 aromatic heterocycles. The molecule has 2 aromatic rings. The molecule has 160 valence electrons. The molecule has 29 heavy (non-hydrogen) atoms. The normalized spacial score (nSPS) is 17.8. The van der Waals surface area contributed by atoms with E-state index in [2.05, 4.69) is 25.6 Å². The molecule has 3 N–H and O–H groups in total. The van der Waals surface area contributed by atoms with E-state index in [0.717, 1.165) is 17.1 Å². The molecule has 0 spiro atoms. The summed E-state index contributed by atoms with van der Waals surface area (Å²) in [7, 11) is 0. The molecule has 2 heterocycles. The van der Waals surface area contributed by atoms with Gasteiger partial charge in [-0.15, -0.1) is 24.0 Å². The van der Waals surface area contributed by atoms with Gasteiger partial charge >= 0.3 is 6.18 Å². The van der Waals surface area contributed by atoms with E-state index in [9.17, 15) is 13.2 Å². The number of hydrogen-bond acceptors (Lipinski definition) is 3. The molecule has 1 saturated heterocycles. The zero-order valence-corrected chi connectivity index (χ0v) is 18.5. The van der Waals surface area contributed by atoms with Crippen molar-refractivity contribution in [3.63, 3.8) is 0 Å². The summed E-state index contributed by atoms with van der Waals surface area (Å²) in [4.78, 5) is 13.5. The highest BCUT2D eigenvalue weighted by Crippen LogP contribution is 2.20. The number of halogens is 4. The summed E-state index contributed by atoms with van der Waals surface area (Å²) in [6.45, 7) is 2.87. The van der Waals surface area contributed by atoms with Crippen molar-refractivity contribution in [1.82, 2.24) is 25.5 Å². The van der Waals surface area contributed by atoms with E-state index in [1.54, 1.807) is 6.20 Å². The van der Waals surface area contributed by atoms with Crippen LogP contribution in [0.3, 0.4) is 0 Å². The number of hydrogen-bond donors (Lipinski definition) is 3. The highest BCUT2D eigenvalue weighted by molar-refractivity contribution is 14.0. The number of imidazole rings is 1. The van der Waals surface area contributed by atoms with Crippen LogP contribution in [-0.2, 0) is 6.54 Å². The van der Waals surface area contributed by atoms with Crippen molar-refractivity contribution < 1.29 is 13.2 Å². The maximum atomic E-state index is 12.5. The van der Waals surface area contributed by atoms with Crippen LogP contribution in [0.1, 0.15) is 19.2 Å². The Bertz CT molecular complexity index is 778. The molecular weight excluding hydrogens is 496 g/mol. The lowest BCUT2D eigenvalue weighted by atomic mass is 10.2. The number of aromatic nitrogens is 2. The van der Waals surface area contributed by atoms with Gasteiger partial charge in [-0.2, -0.15) is 13.2 Å². The molecule has 1 aromatic carbocycles. The molecule has 0 bridgehead atoms. The van der Waals surface area contributed by atoms with E-state index in [1.165, 1.54) is 4.90 Å². The second kappa shape index (κ2) is 10.8. The lowest BCUT2D eigenvalue weighted by molar-refractivity contribution is -0.143. The first kappa shape index (κ1) is 23.5. The fraction of sp³-hybridized carbons (Fsp3) is 0.474. The lowest BCUT2D eigenvalue weighted by Gasteiger charge is -2.19. The number of rotatable bonds is 6. The molecule has 1 fully saturated rings. The number of nitrogens with one attached hydrogen (secondary N) is 3. The smallest absolute Gasteiger partial charge is 0.357 e. The predicted molar refractivity (Wildman–Crippen MR) is 118 cm³/mol. The van der Waals surface area contributed by atoms with Crippen molar-refractivity contribution in [3.8, 4) is 11.3 Å². The SMILES string of the molecule is CCNC(=NCc1ncc(-c2ccccc2)[nH]1)NC1CCN(CC(F)(F)F)C1.I. The average molecular weight is 522 g/mol. The molecule has 3 rings (SSSR count). The Hall–Kier alpha value is -1.82. The molecular formula is C19H26F3IN6. The summed E-state index contributed by atoms with van der Waals surface area (Å²) in [6, 6.07) is 9.82. The fourth-order valence-corrected chi connectivity index (χ4v) is 3.22. The molecule has 1 atom stereocenters. The van der Waals surface area contributed by atoms with Crippen LogP contribution in [0.15, 0.2) is 41.5 Å². The molecule has 6 nitrogen and oxygen atoms in total. The Morgan fingerprint density at radius 3 is 2.76 bits per heavy atom. The molecule has 0 amide bonds. The zero-order valence-electron chi connectivity index (χ0n) is 16.2. The Labute approximate surface area is 185 Å². The molecule has 10 heteroatoms. The summed E-state index contributed by atoms with van der Waals surface area (Å²) in [6.07, 6.45) is -1.74. The van der Waals surface area contributed by atoms with Crippen molar-refractivity contribution in [2.45, 2.75) is 32.1 Å². The Morgan fingerprint density at radius 2 is 2.07 bits per heavy atom. The van der Waals surface area contributed by atoms with E-state index < -0.39 is 12.7 Å². The topological polar surface area (TPSA) is 68.3 Å². The van der Waals surface area contributed by atoms with E-state index in [1.807, 2.05) is 37.3 Å². The van der Waals surface area contributed by atoms with Crippen molar-refractivity contribution in [2.24, 2.45) is 4.99 Å². The number of nitrogens with zero attached hydrogens (tertiary/aromatic N) is 3. The van der Waals surface area contributed by atoms with Crippen molar-refractivity contribution in [1.29, 1.82) is 0 Å². The fourth-order valence-electron chi connectivity index (χ4n) is 3.22. The first-order valence-corrected chi connectivity index (χ1v) is 9.36. The first-order chi connectivity index (χ1) is 13.4. The first-order valence-electron chi connectivity index (χ1n) is 9.36. The molecule has 1 aliphatic rings. The van der Waals surface area contributed by atoms with Crippen LogP contribution in [0.25, 0.3) is 11.3 Å². The summed E-state index contributed by atoms with van der Waals surface area (Å²) in [5.41, 5.74) is 1.97. The van der Waals surface area contributed by atoms with E-state index in [-0.39, 0.29) is 30.0 Å². The molecule has 0 radical (unpaired) electrons. The summed E-state index contributed by atoms with van der Waals surface area (Å²) < 4.78 is 37.6. The number of benzene rings is 1. The lowest BCUT2D eigenvalue weighted by Crippen LogP contribution is -2.45. The predicted octanol–water partition coefficient (Wildman–Crippen LogP) is 3.39. The number of likely N-dealkylation sites (tertiary alicyclic amines) is 1. The van der Waals surface area contributed by atoms with Gasteiger partial charge in [0.25, 0.3) is 0 Å². The highest BCUT2D eigenvalue weighted by Gasteiger charge is 2.34. The highest BCUT2D eigenvalue weighted by atomic mass is 127. The zero-order chi connectivity index (χ0) is 20.0. The van der Waals surface area contributed by atoms with E-state index in [0.29, 0.717) is 38.6 Å². The van der Waals surface area contributed by atoms with Gasteiger partial charge in [0.15, 0.2) is 5.96 Å².